The van der Waals surface area contributed by atoms with Gasteiger partial charge in [0.1, 0.15) is 8.07 Å². The molecular formula is C21H21NSi. The van der Waals surface area contributed by atoms with E-state index in [1.54, 1.807) is 0 Å². The van der Waals surface area contributed by atoms with E-state index in [1.807, 2.05) is 0 Å². The topological polar surface area (TPSA) is 4.93 Å². The van der Waals surface area contributed by atoms with Crippen molar-refractivity contribution >= 4 is 35.1 Å². The lowest BCUT2D eigenvalue weighted by Crippen LogP contribution is -2.45. The molecule has 0 aliphatic heterocycles. The van der Waals surface area contributed by atoms with Gasteiger partial charge in [-0.1, -0.05) is 85.0 Å². The van der Waals surface area contributed by atoms with Gasteiger partial charge in [-0.2, -0.15) is 0 Å². The zero-order valence-electron chi connectivity index (χ0n) is 13.7. The highest BCUT2D eigenvalue weighted by molar-refractivity contribution is 6.88. The number of hydrogen-bond donors (Lipinski definition) is 0. The molecule has 0 amide bonds. The van der Waals surface area contributed by atoms with Crippen LogP contribution in [0.3, 0.4) is 0 Å². The summed E-state index contributed by atoms with van der Waals surface area (Å²) in [7, 11) is -1.56. The molecule has 23 heavy (non-hydrogen) atoms. The number of hydrogen-bond acceptors (Lipinski definition) is 0. The predicted octanol–water partition coefficient (Wildman–Crippen LogP) is 4.95. The van der Waals surface area contributed by atoms with Crippen LogP contribution in [0.15, 0.2) is 78.9 Å². The molecule has 0 aliphatic rings. The predicted molar refractivity (Wildman–Crippen MR) is 103 cm³/mol. The van der Waals surface area contributed by atoms with Crippen LogP contribution in [0.2, 0.25) is 13.1 Å². The van der Waals surface area contributed by atoms with E-state index in [-0.39, 0.29) is 0 Å². The van der Waals surface area contributed by atoms with Gasteiger partial charge < -0.3 is 4.57 Å². The van der Waals surface area contributed by atoms with Crippen LogP contribution in [-0.4, -0.2) is 12.6 Å². The summed E-state index contributed by atoms with van der Waals surface area (Å²) in [6.45, 7) is 4.93. The molecule has 1 aromatic heterocycles. The van der Waals surface area contributed by atoms with Gasteiger partial charge in [0.15, 0.2) is 0 Å². The van der Waals surface area contributed by atoms with Crippen molar-refractivity contribution in [2.75, 3.05) is 0 Å². The number of nitrogens with zero attached hydrogens (tertiary/aromatic N) is 1. The van der Waals surface area contributed by atoms with Crippen molar-refractivity contribution in [1.82, 2.24) is 4.57 Å². The van der Waals surface area contributed by atoms with Crippen molar-refractivity contribution in [3.05, 3.63) is 78.9 Å². The molecule has 1 nitrogen and oxygen atoms in total. The summed E-state index contributed by atoms with van der Waals surface area (Å²) in [6.07, 6.45) is 1.10. The average molecular weight is 315 g/mol. The second-order valence-electron chi connectivity index (χ2n) is 6.87. The molecule has 2 heteroatoms. The number of benzene rings is 3. The van der Waals surface area contributed by atoms with Crippen molar-refractivity contribution in [2.24, 2.45) is 0 Å². The van der Waals surface area contributed by atoms with Crippen LogP contribution >= 0.6 is 0 Å². The highest BCUT2D eigenvalue weighted by atomic mass is 28.3. The molecule has 0 saturated heterocycles. The monoisotopic (exact) mass is 315 g/mol. The maximum atomic E-state index is 2.53. The Kier molecular flexibility index (Phi) is 3.35. The Morgan fingerprint density at radius 1 is 0.652 bits per heavy atom. The highest BCUT2D eigenvalue weighted by Gasteiger charge is 2.25. The third-order valence-electron chi connectivity index (χ3n) is 4.79. The molecule has 0 saturated carbocycles. The fourth-order valence-electron chi connectivity index (χ4n) is 3.55. The van der Waals surface area contributed by atoms with Gasteiger partial charge in [-0.05, 0) is 12.1 Å². The highest BCUT2D eigenvalue weighted by Crippen LogP contribution is 2.29. The molecule has 0 fully saturated rings. The third kappa shape index (κ3) is 2.39. The fourth-order valence-corrected chi connectivity index (χ4v) is 5.96. The lowest BCUT2D eigenvalue weighted by Gasteiger charge is -2.25. The van der Waals surface area contributed by atoms with Gasteiger partial charge >= 0.3 is 0 Å². The van der Waals surface area contributed by atoms with E-state index < -0.39 is 8.07 Å². The first-order valence-electron chi connectivity index (χ1n) is 8.18. The van der Waals surface area contributed by atoms with E-state index in [0.717, 1.165) is 6.17 Å². The number of rotatable bonds is 3. The molecular weight excluding hydrogens is 294 g/mol. The van der Waals surface area contributed by atoms with Crippen LogP contribution in [0.5, 0.6) is 0 Å². The van der Waals surface area contributed by atoms with Crippen molar-refractivity contribution in [1.29, 1.82) is 0 Å². The number of fused-ring (bicyclic) bond motifs is 3. The Bertz CT molecular complexity index is 914. The lowest BCUT2D eigenvalue weighted by molar-refractivity contribution is 0.940. The van der Waals surface area contributed by atoms with E-state index >= 15 is 0 Å². The Morgan fingerprint density at radius 2 is 1.13 bits per heavy atom. The van der Waals surface area contributed by atoms with Gasteiger partial charge in [0.25, 0.3) is 0 Å². The minimum absolute atomic E-state index is 1.10. The van der Waals surface area contributed by atoms with E-state index in [0.29, 0.717) is 0 Å². The summed E-state index contributed by atoms with van der Waals surface area (Å²) in [5.41, 5.74) is 2.70. The molecule has 0 radical (unpaired) electrons. The summed E-state index contributed by atoms with van der Waals surface area (Å²) < 4.78 is 2.53. The summed E-state index contributed by atoms with van der Waals surface area (Å²) >= 11 is 0. The van der Waals surface area contributed by atoms with E-state index in [9.17, 15) is 0 Å². The molecule has 0 atom stereocenters. The molecule has 0 spiro atoms. The van der Waals surface area contributed by atoms with Gasteiger partial charge in [0.2, 0.25) is 0 Å². The molecule has 0 aliphatic carbocycles. The van der Waals surface area contributed by atoms with Crippen LogP contribution in [0.4, 0.5) is 0 Å². The summed E-state index contributed by atoms with van der Waals surface area (Å²) in [5.74, 6) is 0. The Morgan fingerprint density at radius 3 is 1.70 bits per heavy atom. The van der Waals surface area contributed by atoms with Gasteiger partial charge in [0, 0.05) is 28.0 Å². The maximum absolute atomic E-state index is 2.53. The van der Waals surface area contributed by atoms with Crippen molar-refractivity contribution in [3.8, 4) is 0 Å². The van der Waals surface area contributed by atoms with E-state index in [2.05, 4.69) is 96.5 Å². The van der Waals surface area contributed by atoms with E-state index in [1.165, 1.54) is 27.0 Å². The van der Waals surface area contributed by atoms with Crippen LogP contribution in [-0.2, 0) is 6.17 Å². The van der Waals surface area contributed by atoms with Gasteiger partial charge in [0.05, 0.1) is 0 Å². The quantitative estimate of drug-likeness (QED) is 0.471. The first-order valence-corrected chi connectivity index (χ1v) is 11.4. The smallest absolute Gasteiger partial charge is 0.102 e. The Balaban J connectivity index is 1.91. The van der Waals surface area contributed by atoms with Crippen LogP contribution in [0.25, 0.3) is 21.8 Å². The third-order valence-corrected chi connectivity index (χ3v) is 7.79. The van der Waals surface area contributed by atoms with Crippen LogP contribution < -0.4 is 5.19 Å². The fraction of sp³-hybridized carbons (Fsp3) is 0.143. The van der Waals surface area contributed by atoms with Crippen molar-refractivity contribution in [2.45, 2.75) is 19.3 Å². The molecule has 0 unspecified atom stereocenters. The summed E-state index contributed by atoms with van der Waals surface area (Å²) in [4.78, 5) is 0. The normalized spacial score (nSPS) is 12.1. The zero-order chi connectivity index (χ0) is 15.9. The molecule has 3 aromatic carbocycles. The van der Waals surface area contributed by atoms with E-state index in [4.69, 9.17) is 0 Å². The number of aromatic nitrogens is 1. The molecule has 4 rings (SSSR count). The SMILES string of the molecule is C[Si](C)(Cn1c2ccccc2c2ccccc21)c1ccccc1. The Labute approximate surface area is 138 Å². The first kappa shape index (κ1) is 14.3. The molecule has 0 N–H and O–H groups in total. The van der Waals surface area contributed by atoms with Crippen molar-refractivity contribution < 1.29 is 0 Å². The number of para-hydroxylation sites is 2. The van der Waals surface area contributed by atoms with Gasteiger partial charge in [-0.25, -0.2) is 0 Å². The molecule has 4 aromatic rings. The Hall–Kier alpha value is -2.32. The standard InChI is InChI=1S/C21H21NSi/c1-23(2,17-10-4-3-5-11-17)16-22-20-14-8-6-12-18(20)19-13-7-9-15-21(19)22/h3-15H,16H2,1-2H3. The van der Waals surface area contributed by atoms with Crippen LogP contribution in [0, 0.1) is 0 Å². The largest absolute Gasteiger partial charge is 0.343 e. The molecule has 0 bridgehead atoms. The van der Waals surface area contributed by atoms with Crippen LogP contribution in [0.1, 0.15) is 0 Å². The molecule has 114 valence electrons. The average Bonchev–Trinajstić information content (AvgIpc) is 2.90. The zero-order valence-corrected chi connectivity index (χ0v) is 14.7. The second kappa shape index (κ2) is 5.39. The van der Waals surface area contributed by atoms with Gasteiger partial charge in [-0.3, -0.25) is 0 Å². The minimum Gasteiger partial charge on any atom is -0.343 e. The summed E-state index contributed by atoms with van der Waals surface area (Å²) in [5, 5.41) is 4.24. The minimum atomic E-state index is -1.56. The lowest BCUT2D eigenvalue weighted by atomic mass is 10.2. The second-order valence-corrected chi connectivity index (χ2v) is 11.5. The van der Waals surface area contributed by atoms with Crippen molar-refractivity contribution in [3.63, 3.8) is 0 Å². The van der Waals surface area contributed by atoms with Gasteiger partial charge in [-0.15, -0.1) is 0 Å². The first-order chi connectivity index (χ1) is 11.2. The summed E-state index contributed by atoms with van der Waals surface area (Å²) in [6, 6.07) is 28.6. The molecule has 1 heterocycles. The maximum Gasteiger partial charge on any atom is 0.102 e.